The first-order valence-corrected chi connectivity index (χ1v) is 4.22. The minimum absolute atomic E-state index is 0.361. The highest BCUT2D eigenvalue weighted by Crippen LogP contribution is 2.11. The van der Waals surface area contributed by atoms with Crippen LogP contribution in [-0.2, 0) is 9.47 Å². The average Bonchev–Trinajstić information content (AvgIpc) is 2.16. The maximum Gasteiger partial charge on any atom is 0.406 e. The highest BCUT2D eigenvalue weighted by molar-refractivity contribution is 5.66. The fraction of sp³-hybridized carbons (Fsp3) is 0.875. The summed E-state index contributed by atoms with van der Waals surface area (Å²) in [6.45, 7) is 2.27. The Balaban J connectivity index is 2.09. The number of hydrogen-bond acceptors (Lipinski definition) is 3. The number of methoxy groups -OCH3 is 1. The molecule has 0 bridgehead atoms. The molecule has 0 radical (unpaired) electrons. The molecule has 1 aliphatic heterocycles. The van der Waals surface area contributed by atoms with Crippen LogP contribution in [-0.4, -0.2) is 33.0 Å². The maximum absolute atomic E-state index is 10.7. The van der Waals surface area contributed by atoms with Crippen molar-refractivity contribution in [3.8, 4) is 0 Å². The molecule has 4 heteroatoms. The summed E-state index contributed by atoms with van der Waals surface area (Å²) in [5.74, 6) is 0.456. The Morgan fingerprint density at radius 1 is 1.75 bits per heavy atom. The van der Waals surface area contributed by atoms with Crippen LogP contribution in [0.15, 0.2) is 0 Å². The number of amides is 1. The third-order valence-electron chi connectivity index (χ3n) is 1.98. The topological polar surface area (TPSA) is 47.6 Å². The molecule has 0 spiro atoms. The Kier molecular flexibility index (Phi) is 3.87. The summed E-state index contributed by atoms with van der Waals surface area (Å²) < 4.78 is 9.71. The zero-order valence-electron chi connectivity index (χ0n) is 7.34. The summed E-state index contributed by atoms with van der Waals surface area (Å²) in [6, 6.07) is 0. The van der Waals surface area contributed by atoms with E-state index in [1.165, 1.54) is 7.11 Å². The molecule has 0 aromatic carbocycles. The zero-order valence-corrected chi connectivity index (χ0v) is 7.34. The number of carbonyl (C=O) groups excluding carboxylic acids is 1. The molecule has 12 heavy (non-hydrogen) atoms. The van der Waals surface area contributed by atoms with Gasteiger partial charge in [-0.3, -0.25) is 0 Å². The molecule has 0 saturated carbocycles. The van der Waals surface area contributed by atoms with Gasteiger partial charge in [0.1, 0.15) is 0 Å². The number of carbonyl (C=O) groups is 1. The van der Waals surface area contributed by atoms with Crippen molar-refractivity contribution in [1.82, 2.24) is 5.32 Å². The molecule has 1 saturated heterocycles. The average molecular weight is 173 g/mol. The molecule has 1 aliphatic rings. The van der Waals surface area contributed by atoms with Crippen LogP contribution in [0.3, 0.4) is 0 Å². The third kappa shape index (κ3) is 3.09. The van der Waals surface area contributed by atoms with Crippen molar-refractivity contribution < 1.29 is 14.3 Å². The fourth-order valence-electron chi connectivity index (χ4n) is 1.27. The van der Waals surface area contributed by atoms with Crippen molar-refractivity contribution in [2.24, 2.45) is 5.92 Å². The second-order valence-corrected chi connectivity index (χ2v) is 2.96. The molecule has 1 N–H and O–H groups in total. The molecule has 1 atom stereocenters. The van der Waals surface area contributed by atoms with E-state index >= 15 is 0 Å². The van der Waals surface area contributed by atoms with Gasteiger partial charge in [0.2, 0.25) is 0 Å². The monoisotopic (exact) mass is 173 g/mol. The largest absolute Gasteiger partial charge is 0.453 e. The molecule has 1 heterocycles. The summed E-state index contributed by atoms with van der Waals surface area (Å²) >= 11 is 0. The second kappa shape index (κ2) is 4.98. The third-order valence-corrected chi connectivity index (χ3v) is 1.98. The van der Waals surface area contributed by atoms with Crippen LogP contribution in [0.25, 0.3) is 0 Å². The van der Waals surface area contributed by atoms with Gasteiger partial charge < -0.3 is 14.8 Å². The van der Waals surface area contributed by atoms with Crippen LogP contribution in [0.5, 0.6) is 0 Å². The van der Waals surface area contributed by atoms with Crippen molar-refractivity contribution in [2.45, 2.75) is 12.8 Å². The maximum atomic E-state index is 10.7. The summed E-state index contributed by atoms with van der Waals surface area (Å²) in [5.41, 5.74) is 0. The number of nitrogens with one attached hydrogen (secondary N) is 1. The molecule has 4 nitrogen and oxygen atoms in total. The van der Waals surface area contributed by atoms with Crippen LogP contribution in [0.2, 0.25) is 0 Å². The summed E-state index contributed by atoms with van der Waals surface area (Å²) in [5, 5.41) is 2.66. The van der Waals surface area contributed by atoms with Gasteiger partial charge in [0, 0.05) is 13.2 Å². The molecule has 1 amide bonds. The molecular formula is C8H15NO3. The first-order chi connectivity index (χ1) is 5.83. The predicted molar refractivity (Wildman–Crippen MR) is 44.0 cm³/mol. The molecule has 1 fully saturated rings. The van der Waals surface area contributed by atoms with Gasteiger partial charge in [-0.15, -0.1) is 0 Å². The van der Waals surface area contributed by atoms with Gasteiger partial charge in [0.15, 0.2) is 0 Å². The first-order valence-electron chi connectivity index (χ1n) is 4.22. The lowest BCUT2D eigenvalue weighted by molar-refractivity contribution is 0.0545. The minimum Gasteiger partial charge on any atom is -0.453 e. The van der Waals surface area contributed by atoms with Crippen LogP contribution in [0, 0.1) is 5.92 Å². The van der Waals surface area contributed by atoms with Crippen LogP contribution in [0.1, 0.15) is 12.8 Å². The lowest BCUT2D eigenvalue weighted by Crippen LogP contribution is -2.33. The van der Waals surface area contributed by atoms with Gasteiger partial charge in [0.05, 0.1) is 13.7 Å². The van der Waals surface area contributed by atoms with E-state index in [1.54, 1.807) is 0 Å². The molecule has 1 unspecified atom stereocenters. The summed E-state index contributed by atoms with van der Waals surface area (Å²) in [6.07, 6.45) is 1.86. The first kappa shape index (κ1) is 9.32. The van der Waals surface area contributed by atoms with Gasteiger partial charge in [-0.05, 0) is 18.8 Å². The number of rotatable bonds is 2. The number of ether oxygens (including phenoxy) is 2. The Morgan fingerprint density at radius 2 is 2.58 bits per heavy atom. The number of alkyl carbamates (subject to hydrolysis) is 1. The van der Waals surface area contributed by atoms with E-state index in [9.17, 15) is 4.79 Å². The fourth-order valence-corrected chi connectivity index (χ4v) is 1.27. The van der Waals surface area contributed by atoms with Gasteiger partial charge in [-0.2, -0.15) is 0 Å². The van der Waals surface area contributed by atoms with Crippen molar-refractivity contribution in [3.63, 3.8) is 0 Å². The molecule has 0 aromatic heterocycles. The predicted octanol–water partition coefficient (Wildman–Crippen LogP) is 0.769. The summed E-state index contributed by atoms with van der Waals surface area (Å²) in [7, 11) is 1.37. The van der Waals surface area contributed by atoms with Gasteiger partial charge in [0.25, 0.3) is 0 Å². The Hall–Kier alpha value is -0.770. The molecule has 0 aliphatic carbocycles. The van der Waals surface area contributed by atoms with Crippen LogP contribution in [0.4, 0.5) is 4.79 Å². The Morgan fingerprint density at radius 3 is 3.17 bits per heavy atom. The van der Waals surface area contributed by atoms with E-state index in [0.29, 0.717) is 12.5 Å². The second-order valence-electron chi connectivity index (χ2n) is 2.96. The van der Waals surface area contributed by atoms with Gasteiger partial charge in [-0.25, -0.2) is 4.79 Å². The molecule has 0 aromatic rings. The highest BCUT2D eigenvalue weighted by atomic mass is 16.5. The van der Waals surface area contributed by atoms with Gasteiger partial charge >= 0.3 is 6.09 Å². The van der Waals surface area contributed by atoms with E-state index in [4.69, 9.17) is 4.74 Å². The number of hydrogen-bond donors (Lipinski definition) is 1. The normalized spacial score (nSPS) is 23.2. The molecule has 1 rings (SSSR count). The molecular weight excluding hydrogens is 158 g/mol. The van der Waals surface area contributed by atoms with Crippen molar-refractivity contribution in [2.75, 3.05) is 26.9 Å². The van der Waals surface area contributed by atoms with E-state index in [2.05, 4.69) is 10.1 Å². The van der Waals surface area contributed by atoms with E-state index < -0.39 is 0 Å². The Bertz CT molecular complexity index is 143. The molecule has 70 valence electrons. The van der Waals surface area contributed by atoms with E-state index in [1.807, 2.05) is 0 Å². The van der Waals surface area contributed by atoms with Gasteiger partial charge in [-0.1, -0.05) is 0 Å². The SMILES string of the molecule is COC(=O)NCC1CCCOC1. The lowest BCUT2D eigenvalue weighted by Gasteiger charge is -2.21. The van der Waals surface area contributed by atoms with Crippen molar-refractivity contribution in [1.29, 1.82) is 0 Å². The van der Waals surface area contributed by atoms with E-state index in [-0.39, 0.29) is 6.09 Å². The van der Waals surface area contributed by atoms with Crippen molar-refractivity contribution in [3.05, 3.63) is 0 Å². The minimum atomic E-state index is -0.361. The zero-order chi connectivity index (χ0) is 8.81. The lowest BCUT2D eigenvalue weighted by atomic mass is 10.0. The quantitative estimate of drug-likeness (QED) is 0.671. The highest BCUT2D eigenvalue weighted by Gasteiger charge is 2.14. The van der Waals surface area contributed by atoms with E-state index in [0.717, 1.165) is 26.1 Å². The smallest absolute Gasteiger partial charge is 0.406 e. The standard InChI is InChI=1S/C8H15NO3/c1-11-8(10)9-5-7-3-2-4-12-6-7/h7H,2-6H2,1H3,(H,9,10). The summed E-state index contributed by atoms with van der Waals surface area (Å²) in [4.78, 5) is 10.7. The van der Waals surface area contributed by atoms with Crippen molar-refractivity contribution >= 4 is 6.09 Å². The van der Waals surface area contributed by atoms with Crippen LogP contribution < -0.4 is 5.32 Å². The Labute approximate surface area is 72.2 Å². The van der Waals surface area contributed by atoms with Crippen LogP contribution >= 0.6 is 0 Å².